The number of fused-ring (bicyclic) bond motifs is 1. The van der Waals surface area contributed by atoms with Gasteiger partial charge in [-0.1, -0.05) is 53.8 Å². The average Bonchev–Trinajstić information content (AvgIpc) is 3.08. The summed E-state index contributed by atoms with van der Waals surface area (Å²) < 4.78 is 54.1. The average molecular weight is 503 g/mol. The number of sulfonamides is 1. The van der Waals surface area contributed by atoms with Crippen LogP contribution in [0.5, 0.6) is 0 Å². The fourth-order valence-electron chi connectivity index (χ4n) is 3.50. The first-order valence-electron chi connectivity index (χ1n) is 10.0. The summed E-state index contributed by atoms with van der Waals surface area (Å²) in [4.78, 5) is 12.6. The fraction of sp³-hybridized carbons (Fsp3) is 0.174. The molecule has 0 aliphatic heterocycles. The van der Waals surface area contributed by atoms with Crippen LogP contribution in [-0.4, -0.2) is 27.7 Å². The number of benzene rings is 3. The van der Waals surface area contributed by atoms with Crippen molar-refractivity contribution in [1.82, 2.24) is 9.29 Å². The van der Waals surface area contributed by atoms with E-state index in [1.807, 2.05) is 30.3 Å². The van der Waals surface area contributed by atoms with Gasteiger partial charge in [0.05, 0.1) is 26.6 Å². The molecule has 172 valence electrons. The predicted octanol–water partition coefficient (Wildman–Crippen LogP) is 3.55. The molecule has 4 aromatic rings. The molecule has 33 heavy (non-hydrogen) atoms. The van der Waals surface area contributed by atoms with E-state index in [4.69, 9.17) is 0 Å². The van der Waals surface area contributed by atoms with Gasteiger partial charge >= 0.3 is 4.87 Å². The largest absolute Gasteiger partial charge is 0.308 e. The summed E-state index contributed by atoms with van der Waals surface area (Å²) in [6.07, 6.45) is 1.12. The van der Waals surface area contributed by atoms with Gasteiger partial charge in [0.25, 0.3) is 0 Å². The van der Waals surface area contributed by atoms with Crippen LogP contribution in [0.3, 0.4) is 0 Å². The molecule has 0 fully saturated rings. The molecule has 0 aliphatic rings. The van der Waals surface area contributed by atoms with Crippen LogP contribution in [-0.2, 0) is 26.4 Å². The highest BCUT2D eigenvalue weighted by Crippen LogP contribution is 2.24. The van der Waals surface area contributed by atoms with E-state index in [2.05, 4.69) is 4.72 Å². The number of hydrogen-bond acceptors (Lipinski definition) is 6. The molecule has 0 saturated carbocycles. The van der Waals surface area contributed by atoms with Crippen LogP contribution in [0.2, 0.25) is 0 Å². The van der Waals surface area contributed by atoms with Crippen molar-refractivity contribution in [2.45, 2.75) is 29.3 Å². The lowest BCUT2D eigenvalue weighted by Gasteiger charge is -2.15. The molecule has 0 unspecified atom stereocenters. The number of aromatic nitrogens is 1. The minimum Gasteiger partial charge on any atom is -0.294 e. The van der Waals surface area contributed by atoms with Crippen LogP contribution in [0.15, 0.2) is 87.4 Å². The van der Waals surface area contributed by atoms with Crippen LogP contribution in [0, 0.1) is 0 Å². The predicted molar refractivity (Wildman–Crippen MR) is 130 cm³/mol. The molecule has 10 heteroatoms. The molecule has 0 aliphatic carbocycles. The summed E-state index contributed by atoms with van der Waals surface area (Å²) in [5, 5.41) is 0. The van der Waals surface area contributed by atoms with Crippen molar-refractivity contribution >= 4 is 41.4 Å². The minimum absolute atomic E-state index is 0.0581. The number of hydrogen-bond donors (Lipinski definition) is 1. The maximum absolute atomic E-state index is 13.0. The van der Waals surface area contributed by atoms with Crippen molar-refractivity contribution < 1.29 is 16.8 Å². The molecular weight excluding hydrogens is 480 g/mol. The minimum atomic E-state index is -3.87. The second-order valence-electron chi connectivity index (χ2n) is 7.75. The van der Waals surface area contributed by atoms with Gasteiger partial charge < -0.3 is 0 Å². The first-order chi connectivity index (χ1) is 15.5. The third kappa shape index (κ3) is 5.09. The molecule has 7 nitrogen and oxygen atoms in total. The van der Waals surface area contributed by atoms with Gasteiger partial charge in [-0.05, 0) is 48.4 Å². The highest BCUT2D eigenvalue weighted by Gasteiger charge is 2.20. The zero-order valence-electron chi connectivity index (χ0n) is 17.9. The van der Waals surface area contributed by atoms with Gasteiger partial charge in [0, 0.05) is 12.3 Å². The first kappa shape index (κ1) is 23.4. The van der Waals surface area contributed by atoms with Gasteiger partial charge in [-0.3, -0.25) is 9.36 Å². The SMILES string of the molecule is C[C@H](NS(=O)(=O)c1ccc2c(c1)sc(=O)n2Cc1ccccc1)c1ccc(S(C)(=O)=O)cc1. The monoisotopic (exact) mass is 502 g/mol. The Bertz CT molecular complexity index is 1570. The van der Waals surface area contributed by atoms with E-state index in [0.717, 1.165) is 23.2 Å². The Balaban J connectivity index is 1.59. The Morgan fingerprint density at radius 1 is 0.909 bits per heavy atom. The summed E-state index contributed by atoms with van der Waals surface area (Å²) >= 11 is 1.01. The van der Waals surface area contributed by atoms with Gasteiger partial charge in [0.2, 0.25) is 10.0 Å². The summed E-state index contributed by atoms with van der Waals surface area (Å²) in [7, 11) is -7.20. The van der Waals surface area contributed by atoms with Gasteiger partial charge in [-0.25, -0.2) is 21.6 Å². The summed E-state index contributed by atoms with van der Waals surface area (Å²) in [5.41, 5.74) is 2.29. The maximum Gasteiger partial charge on any atom is 0.308 e. The molecule has 0 bridgehead atoms. The zero-order chi connectivity index (χ0) is 23.8. The standard InChI is InChI=1S/C23H22N2O5S3/c1-16(18-8-10-19(11-9-18)32(2,27)28)24-33(29,30)20-12-13-21-22(14-20)31-23(26)25(21)15-17-6-4-3-5-7-17/h3-14,16,24H,15H2,1-2H3/t16-/m0/s1. The molecular formula is C23H22N2O5S3. The lowest BCUT2D eigenvalue weighted by atomic mass is 10.1. The molecule has 4 rings (SSSR count). The Hall–Kier alpha value is -2.79. The Morgan fingerprint density at radius 2 is 1.55 bits per heavy atom. The fourth-order valence-corrected chi connectivity index (χ4v) is 6.39. The lowest BCUT2D eigenvalue weighted by molar-refractivity contribution is 0.566. The maximum atomic E-state index is 13.0. The third-order valence-corrected chi connectivity index (χ3v) is 8.88. The van der Waals surface area contributed by atoms with Crippen molar-refractivity contribution in [1.29, 1.82) is 0 Å². The van der Waals surface area contributed by atoms with Crippen molar-refractivity contribution in [3.05, 3.63) is 93.6 Å². The highest BCUT2D eigenvalue weighted by molar-refractivity contribution is 7.90. The molecule has 0 radical (unpaired) electrons. The molecule has 3 aromatic carbocycles. The van der Waals surface area contributed by atoms with Crippen molar-refractivity contribution in [2.75, 3.05) is 6.26 Å². The zero-order valence-corrected chi connectivity index (χ0v) is 20.4. The smallest absolute Gasteiger partial charge is 0.294 e. The van der Waals surface area contributed by atoms with E-state index in [-0.39, 0.29) is 14.7 Å². The van der Waals surface area contributed by atoms with Crippen molar-refractivity contribution in [2.24, 2.45) is 0 Å². The van der Waals surface area contributed by atoms with Gasteiger partial charge in [0.15, 0.2) is 9.84 Å². The second-order valence-corrected chi connectivity index (χ2v) is 12.5. The van der Waals surface area contributed by atoms with Crippen molar-refractivity contribution in [3.8, 4) is 0 Å². The van der Waals surface area contributed by atoms with E-state index in [1.54, 1.807) is 29.7 Å². The van der Waals surface area contributed by atoms with Crippen LogP contribution >= 0.6 is 11.3 Å². The Labute approximate surface area is 196 Å². The third-order valence-electron chi connectivity index (χ3n) is 5.27. The van der Waals surface area contributed by atoms with Crippen LogP contribution < -0.4 is 9.60 Å². The Morgan fingerprint density at radius 3 is 2.18 bits per heavy atom. The van der Waals surface area contributed by atoms with Crippen LogP contribution in [0.25, 0.3) is 10.2 Å². The molecule has 0 amide bonds. The molecule has 0 saturated heterocycles. The summed E-state index contributed by atoms with van der Waals surface area (Å²) in [6.45, 7) is 2.09. The summed E-state index contributed by atoms with van der Waals surface area (Å²) in [5.74, 6) is 0. The highest BCUT2D eigenvalue weighted by atomic mass is 32.2. The number of rotatable bonds is 7. The number of nitrogens with zero attached hydrogens (tertiary/aromatic N) is 1. The topological polar surface area (TPSA) is 102 Å². The number of nitrogens with one attached hydrogen (secondary N) is 1. The van der Waals surface area contributed by atoms with E-state index in [9.17, 15) is 21.6 Å². The van der Waals surface area contributed by atoms with E-state index < -0.39 is 25.9 Å². The van der Waals surface area contributed by atoms with Crippen LogP contribution in [0.4, 0.5) is 0 Å². The number of thiazole rings is 1. The quantitative estimate of drug-likeness (QED) is 0.416. The van der Waals surface area contributed by atoms with Crippen LogP contribution in [0.1, 0.15) is 24.1 Å². The normalized spacial score (nSPS) is 13.3. The van der Waals surface area contributed by atoms with E-state index >= 15 is 0 Å². The molecule has 1 atom stereocenters. The molecule has 0 spiro atoms. The van der Waals surface area contributed by atoms with Crippen molar-refractivity contribution in [3.63, 3.8) is 0 Å². The second kappa shape index (κ2) is 8.86. The van der Waals surface area contributed by atoms with E-state index in [1.165, 1.54) is 24.3 Å². The lowest BCUT2D eigenvalue weighted by Crippen LogP contribution is -2.26. The van der Waals surface area contributed by atoms with E-state index in [0.29, 0.717) is 22.3 Å². The Kier molecular flexibility index (Phi) is 6.28. The molecule has 1 heterocycles. The summed E-state index contributed by atoms with van der Waals surface area (Å²) in [6, 6.07) is 19.7. The first-order valence-corrected chi connectivity index (χ1v) is 14.2. The molecule has 1 aromatic heterocycles. The van der Waals surface area contributed by atoms with Gasteiger partial charge in [0.1, 0.15) is 0 Å². The van der Waals surface area contributed by atoms with Gasteiger partial charge in [-0.15, -0.1) is 0 Å². The molecule has 1 N–H and O–H groups in total. The van der Waals surface area contributed by atoms with Gasteiger partial charge in [-0.2, -0.15) is 0 Å². The number of sulfone groups is 1.